The summed E-state index contributed by atoms with van der Waals surface area (Å²) in [5.41, 5.74) is -0.359. The van der Waals surface area contributed by atoms with Crippen LogP contribution in [0, 0.1) is 10.1 Å². The van der Waals surface area contributed by atoms with Crippen LogP contribution in [0.15, 0.2) is 23.1 Å². The minimum Gasteiger partial charge on any atom is -0.260 e. The van der Waals surface area contributed by atoms with E-state index in [1.165, 1.54) is 12.3 Å². The number of hydrogen-bond donors (Lipinski definition) is 1. The highest BCUT2D eigenvalue weighted by atomic mass is 35.5. The molecule has 2 unspecified atom stereocenters. The Hall–Kier alpha value is -1.03. The highest BCUT2D eigenvalue weighted by molar-refractivity contribution is 7.89. The van der Waals surface area contributed by atoms with Gasteiger partial charge in [-0.15, -0.1) is 0 Å². The second kappa shape index (κ2) is 7.30. The number of non-ortho nitro benzene ring substituents is 1. The summed E-state index contributed by atoms with van der Waals surface area (Å²) in [5, 5.41) is 10.6. The normalized spacial score (nSPS) is 14.6. The van der Waals surface area contributed by atoms with Gasteiger partial charge in [0, 0.05) is 41.0 Å². The molecule has 0 heterocycles. The van der Waals surface area contributed by atoms with E-state index in [2.05, 4.69) is 4.72 Å². The average molecular weight is 355 g/mol. The van der Waals surface area contributed by atoms with Gasteiger partial charge >= 0.3 is 0 Å². The molecule has 2 atom stereocenters. The third kappa shape index (κ3) is 5.34. The van der Waals surface area contributed by atoms with Crippen LogP contribution in [0.25, 0.3) is 0 Å². The summed E-state index contributed by atoms with van der Waals surface area (Å²) in [4.78, 5) is 9.66. The molecule has 0 bridgehead atoms. The standard InChI is InChI=1S/C11H15ClN2O5S2/c1-8(5-6-20(2)17)13-21(18,19)11-7-9(14(15)16)3-4-10(11)12/h3-4,7-8,13H,5-6H2,1-2H3. The number of nitrogens with zero attached hydrogens (tertiary/aromatic N) is 1. The highest BCUT2D eigenvalue weighted by Crippen LogP contribution is 2.26. The number of nitro benzene ring substituents is 1. The number of hydrogen-bond acceptors (Lipinski definition) is 5. The molecule has 0 aliphatic heterocycles. The molecule has 7 nitrogen and oxygen atoms in total. The van der Waals surface area contributed by atoms with Crippen LogP contribution in [0.1, 0.15) is 13.3 Å². The maximum atomic E-state index is 12.2. The van der Waals surface area contributed by atoms with Gasteiger partial charge in [0.1, 0.15) is 4.90 Å². The summed E-state index contributed by atoms with van der Waals surface area (Å²) in [6.45, 7) is 1.62. The molecule has 21 heavy (non-hydrogen) atoms. The zero-order chi connectivity index (χ0) is 16.2. The van der Waals surface area contributed by atoms with Gasteiger partial charge in [-0.3, -0.25) is 14.3 Å². The smallest absolute Gasteiger partial charge is 0.260 e. The topological polar surface area (TPSA) is 106 Å². The molecule has 0 radical (unpaired) electrons. The van der Waals surface area contributed by atoms with E-state index in [1.54, 1.807) is 6.92 Å². The van der Waals surface area contributed by atoms with E-state index < -0.39 is 31.8 Å². The Balaban J connectivity index is 2.99. The predicted octanol–water partition coefficient (Wildman–Crippen LogP) is 1.68. The van der Waals surface area contributed by atoms with E-state index in [1.807, 2.05) is 0 Å². The molecule has 0 fully saturated rings. The van der Waals surface area contributed by atoms with Crippen molar-refractivity contribution in [3.63, 3.8) is 0 Å². The average Bonchev–Trinajstić information content (AvgIpc) is 2.35. The Bertz CT molecular complexity index is 663. The molecular weight excluding hydrogens is 340 g/mol. The third-order valence-corrected chi connectivity index (χ3v) is 5.49. The van der Waals surface area contributed by atoms with E-state index in [9.17, 15) is 22.7 Å². The second-order valence-corrected chi connectivity index (χ2v) is 8.10. The number of sulfonamides is 1. The van der Waals surface area contributed by atoms with Gasteiger partial charge in [-0.1, -0.05) is 11.6 Å². The molecular formula is C11H15ClN2O5S2. The monoisotopic (exact) mass is 354 g/mol. The quantitative estimate of drug-likeness (QED) is 0.592. The molecule has 1 N–H and O–H groups in total. The summed E-state index contributed by atoms with van der Waals surface area (Å²) in [7, 11) is -5.00. The SMILES string of the molecule is CC(CCS(C)=O)NS(=O)(=O)c1cc([N+](=O)[O-])ccc1Cl. The van der Waals surface area contributed by atoms with Gasteiger partial charge in [0.25, 0.3) is 5.69 Å². The second-order valence-electron chi connectivity index (χ2n) is 4.46. The molecule has 0 saturated carbocycles. The lowest BCUT2D eigenvalue weighted by Gasteiger charge is -2.14. The highest BCUT2D eigenvalue weighted by Gasteiger charge is 2.23. The Kier molecular flexibility index (Phi) is 6.26. The minimum absolute atomic E-state index is 0.0978. The van der Waals surface area contributed by atoms with Crippen molar-refractivity contribution in [2.75, 3.05) is 12.0 Å². The number of rotatable bonds is 7. The molecule has 1 rings (SSSR count). The molecule has 0 aromatic heterocycles. The minimum atomic E-state index is -3.98. The lowest BCUT2D eigenvalue weighted by Crippen LogP contribution is -2.33. The van der Waals surface area contributed by atoms with Crippen LogP contribution >= 0.6 is 11.6 Å². The number of halogens is 1. The van der Waals surface area contributed by atoms with Crippen molar-refractivity contribution in [3.05, 3.63) is 33.3 Å². The maximum Gasteiger partial charge on any atom is 0.270 e. The Morgan fingerprint density at radius 3 is 2.62 bits per heavy atom. The summed E-state index contributed by atoms with van der Waals surface area (Å²) in [6, 6.07) is 2.75. The van der Waals surface area contributed by atoms with Gasteiger partial charge in [-0.2, -0.15) is 0 Å². The lowest BCUT2D eigenvalue weighted by molar-refractivity contribution is -0.385. The number of nitrogens with one attached hydrogen (secondary N) is 1. The molecule has 1 aromatic rings. The fourth-order valence-electron chi connectivity index (χ4n) is 1.54. The lowest BCUT2D eigenvalue weighted by atomic mass is 10.3. The van der Waals surface area contributed by atoms with Crippen molar-refractivity contribution in [2.24, 2.45) is 0 Å². The predicted molar refractivity (Wildman–Crippen MR) is 81.4 cm³/mol. The van der Waals surface area contributed by atoms with Gasteiger partial charge in [-0.25, -0.2) is 13.1 Å². The van der Waals surface area contributed by atoms with Gasteiger partial charge < -0.3 is 0 Å². The van der Waals surface area contributed by atoms with Crippen LogP contribution in [0.5, 0.6) is 0 Å². The Morgan fingerprint density at radius 2 is 2.10 bits per heavy atom. The molecule has 0 amide bonds. The summed E-state index contributed by atoms with van der Waals surface area (Å²) in [5.74, 6) is 0.354. The molecule has 0 spiro atoms. The van der Waals surface area contributed by atoms with E-state index in [0.29, 0.717) is 12.2 Å². The first-order chi connectivity index (χ1) is 9.63. The summed E-state index contributed by atoms with van der Waals surface area (Å²) < 4.78 is 37.7. The summed E-state index contributed by atoms with van der Waals surface area (Å²) >= 11 is 5.81. The van der Waals surface area contributed by atoms with Crippen LogP contribution < -0.4 is 4.72 Å². The molecule has 0 aliphatic carbocycles. The maximum absolute atomic E-state index is 12.2. The van der Waals surface area contributed by atoms with Crippen molar-refractivity contribution in [2.45, 2.75) is 24.3 Å². The van der Waals surface area contributed by atoms with E-state index >= 15 is 0 Å². The van der Waals surface area contributed by atoms with Crippen molar-refractivity contribution in [1.29, 1.82) is 0 Å². The van der Waals surface area contributed by atoms with Gasteiger partial charge in [0.15, 0.2) is 0 Å². The van der Waals surface area contributed by atoms with Crippen molar-refractivity contribution in [3.8, 4) is 0 Å². The first-order valence-electron chi connectivity index (χ1n) is 5.90. The number of benzene rings is 1. The molecule has 1 aromatic carbocycles. The van der Waals surface area contributed by atoms with Gasteiger partial charge in [-0.05, 0) is 19.4 Å². The first kappa shape index (κ1) is 18.0. The van der Waals surface area contributed by atoms with Crippen LogP contribution in [-0.4, -0.2) is 35.6 Å². The van der Waals surface area contributed by atoms with E-state index in [0.717, 1.165) is 12.1 Å². The van der Waals surface area contributed by atoms with Crippen molar-refractivity contribution in [1.82, 2.24) is 4.72 Å². The summed E-state index contributed by atoms with van der Waals surface area (Å²) in [6.07, 6.45) is 1.91. The molecule has 118 valence electrons. The zero-order valence-corrected chi connectivity index (χ0v) is 13.8. The van der Waals surface area contributed by atoms with Crippen LogP contribution in [0.4, 0.5) is 5.69 Å². The Morgan fingerprint density at radius 1 is 1.48 bits per heavy atom. The number of nitro groups is 1. The molecule has 0 saturated heterocycles. The van der Waals surface area contributed by atoms with Crippen LogP contribution in [-0.2, 0) is 20.8 Å². The fourth-order valence-corrected chi connectivity index (χ4v) is 4.02. The van der Waals surface area contributed by atoms with Gasteiger partial charge in [0.05, 0.1) is 9.95 Å². The molecule has 0 aliphatic rings. The van der Waals surface area contributed by atoms with Gasteiger partial charge in [0.2, 0.25) is 10.0 Å². The van der Waals surface area contributed by atoms with Crippen molar-refractivity contribution < 1.29 is 17.6 Å². The molecule has 10 heteroatoms. The van der Waals surface area contributed by atoms with Crippen molar-refractivity contribution >= 4 is 38.1 Å². The van der Waals surface area contributed by atoms with Crippen LogP contribution in [0.3, 0.4) is 0 Å². The zero-order valence-electron chi connectivity index (χ0n) is 11.4. The van der Waals surface area contributed by atoms with E-state index in [4.69, 9.17) is 11.6 Å². The third-order valence-electron chi connectivity index (χ3n) is 2.61. The first-order valence-corrected chi connectivity index (χ1v) is 9.48. The fraction of sp³-hybridized carbons (Fsp3) is 0.455. The largest absolute Gasteiger partial charge is 0.270 e. The Labute approximate surface area is 130 Å². The van der Waals surface area contributed by atoms with E-state index in [-0.39, 0.29) is 15.6 Å². The van der Waals surface area contributed by atoms with Crippen LogP contribution in [0.2, 0.25) is 5.02 Å².